The number of rotatable bonds is 5. The predicted molar refractivity (Wildman–Crippen MR) is 92.7 cm³/mol. The van der Waals surface area contributed by atoms with Gasteiger partial charge in [0.1, 0.15) is 0 Å². The van der Waals surface area contributed by atoms with Crippen molar-refractivity contribution in [1.29, 1.82) is 0 Å². The predicted octanol–water partition coefficient (Wildman–Crippen LogP) is 1.14. The third-order valence-electron chi connectivity index (χ3n) is 3.95. The largest absolute Gasteiger partial charge is 0.385 e. The van der Waals surface area contributed by atoms with Gasteiger partial charge >= 0.3 is 0 Å². The van der Waals surface area contributed by atoms with Gasteiger partial charge in [0.2, 0.25) is 17.7 Å². The molecule has 0 saturated carbocycles. The summed E-state index contributed by atoms with van der Waals surface area (Å²) < 4.78 is 0. The molecule has 1 aromatic carbocycles. The second-order valence-electron chi connectivity index (χ2n) is 5.82. The first-order valence-corrected chi connectivity index (χ1v) is 8.10. The molecule has 1 saturated heterocycles. The highest BCUT2D eigenvalue weighted by molar-refractivity contribution is 5.88. The minimum atomic E-state index is -0.105. The van der Waals surface area contributed by atoms with E-state index < -0.39 is 0 Å². The van der Waals surface area contributed by atoms with Crippen LogP contribution in [0.2, 0.25) is 0 Å². The van der Waals surface area contributed by atoms with Crippen molar-refractivity contribution in [1.82, 2.24) is 9.80 Å². The summed E-state index contributed by atoms with van der Waals surface area (Å²) in [6, 6.07) is 7.35. The van der Waals surface area contributed by atoms with E-state index in [0.29, 0.717) is 39.1 Å². The maximum absolute atomic E-state index is 12.2. The van der Waals surface area contributed by atoms with Gasteiger partial charge in [-0.1, -0.05) is 0 Å². The Hall–Kier alpha value is -2.57. The summed E-state index contributed by atoms with van der Waals surface area (Å²) in [5.74, 6) is 0.0539. The van der Waals surface area contributed by atoms with E-state index in [-0.39, 0.29) is 17.7 Å². The lowest BCUT2D eigenvalue weighted by molar-refractivity contribution is -0.138. The molecule has 0 spiro atoms. The molecule has 1 aliphatic heterocycles. The van der Waals surface area contributed by atoms with Gasteiger partial charge in [-0.15, -0.1) is 0 Å². The van der Waals surface area contributed by atoms with Crippen molar-refractivity contribution in [2.24, 2.45) is 0 Å². The number of nitrogens with one attached hydrogen (secondary N) is 2. The van der Waals surface area contributed by atoms with Gasteiger partial charge < -0.3 is 20.4 Å². The smallest absolute Gasteiger partial charge is 0.224 e. The number of benzene rings is 1. The molecule has 2 rings (SSSR count). The van der Waals surface area contributed by atoms with Crippen LogP contribution in [0.1, 0.15) is 20.3 Å². The van der Waals surface area contributed by atoms with Crippen LogP contribution >= 0.6 is 0 Å². The van der Waals surface area contributed by atoms with Gasteiger partial charge in [0.15, 0.2) is 0 Å². The molecule has 1 fully saturated rings. The average Bonchev–Trinajstić information content (AvgIpc) is 2.56. The second-order valence-corrected chi connectivity index (χ2v) is 5.82. The maximum atomic E-state index is 12.2. The van der Waals surface area contributed by atoms with Gasteiger partial charge in [-0.05, 0) is 24.3 Å². The standard InChI is InChI=1S/C17H24N4O3/c1-13(22)19-16-5-3-15(4-6-16)18-8-7-17(24)21-11-9-20(10-12-21)14(2)23/h3-6,18H,7-12H2,1-2H3,(H,19,22). The summed E-state index contributed by atoms with van der Waals surface area (Å²) in [6.07, 6.45) is 0.410. The first kappa shape index (κ1) is 17.8. The highest BCUT2D eigenvalue weighted by atomic mass is 16.2. The fraction of sp³-hybridized carbons (Fsp3) is 0.471. The summed E-state index contributed by atoms with van der Waals surface area (Å²) in [6.45, 7) is 5.99. The van der Waals surface area contributed by atoms with E-state index in [1.54, 1.807) is 16.7 Å². The van der Waals surface area contributed by atoms with Crippen molar-refractivity contribution >= 4 is 29.1 Å². The number of anilines is 2. The molecule has 0 bridgehead atoms. The van der Waals surface area contributed by atoms with E-state index in [4.69, 9.17) is 0 Å². The Labute approximate surface area is 142 Å². The van der Waals surface area contributed by atoms with Crippen LogP contribution in [0.4, 0.5) is 11.4 Å². The number of hydrogen-bond acceptors (Lipinski definition) is 4. The van der Waals surface area contributed by atoms with Crippen LogP contribution in [0.5, 0.6) is 0 Å². The molecule has 0 aromatic heterocycles. The van der Waals surface area contributed by atoms with Crippen LogP contribution in [-0.4, -0.2) is 60.2 Å². The summed E-state index contributed by atoms with van der Waals surface area (Å²) in [4.78, 5) is 38.0. The lowest BCUT2D eigenvalue weighted by Crippen LogP contribution is -2.50. The van der Waals surface area contributed by atoms with Gasteiger partial charge in [0.05, 0.1) is 0 Å². The zero-order valence-electron chi connectivity index (χ0n) is 14.2. The summed E-state index contributed by atoms with van der Waals surface area (Å²) in [5, 5.41) is 5.90. The van der Waals surface area contributed by atoms with Crippen LogP contribution in [-0.2, 0) is 14.4 Å². The van der Waals surface area contributed by atoms with Gasteiger partial charge in [-0.3, -0.25) is 14.4 Å². The lowest BCUT2D eigenvalue weighted by atomic mass is 10.2. The van der Waals surface area contributed by atoms with Crippen molar-refractivity contribution < 1.29 is 14.4 Å². The van der Waals surface area contributed by atoms with Crippen molar-refractivity contribution in [3.05, 3.63) is 24.3 Å². The highest BCUT2D eigenvalue weighted by Crippen LogP contribution is 2.13. The maximum Gasteiger partial charge on any atom is 0.224 e. The molecule has 0 atom stereocenters. The van der Waals surface area contributed by atoms with Gasteiger partial charge in [-0.2, -0.15) is 0 Å². The molecule has 24 heavy (non-hydrogen) atoms. The first-order valence-electron chi connectivity index (χ1n) is 8.10. The van der Waals surface area contributed by atoms with Gasteiger partial charge in [0, 0.05) is 64.4 Å². The number of hydrogen-bond donors (Lipinski definition) is 2. The van der Waals surface area contributed by atoms with Crippen molar-refractivity contribution in [2.75, 3.05) is 43.4 Å². The Morgan fingerprint density at radius 2 is 1.46 bits per heavy atom. The first-order chi connectivity index (χ1) is 11.5. The average molecular weight is 332 g/mol. The van der Waals surface area contributed by atoms with Gasteiger partial charge in [0.25, 0.3) is 0 Å². The van der Waals surface area contributed by atoms with Crippen LogP contribution in [0, 0.1) is 0 Å². The minimum Gasteiger partial charge on any atom is -0.385 e. The topological polar surface area (TPSA) is 81.8 Å². The molecule has 0 radical (unpaired) electrons. The Morgan fingerprint density at radius 3 is 2.00 bits per heavy atom. The van der Waals surface area contributed by atoms with Crippen LogP contribution < -0.4 is 10.6 Å². The normalized spacial score (nSPS) is 14.2. The zero-order valence-corrected chi connectivity index (χ0v) is 14.2. The van der Waals surface area contributed by atoms with E-state index in [0.717, 1.165) is 11.4 Å². The monoisotopic (exact) mass is 332 g/mol. The molecule has 0 unspecified atom stereocenters. The number of piperazine rings is 1. The Morgan fingerprint density at radius 1 is 0.917 bits per heavy atom. The van der Waals surface area contributed by atoms with E-state index in [9.17, 15) is 14.4 Å². The SMILES string of the molecule is CC(=O)Nc1ccc(NCCC(=O)N2CCN(C(C)=O)CC2)cc1. The fourth-order valence-corrected chi connectivity index (χ4v) is 2.62. The summed E-state index contributed by atoms with van der Waals surface area (Å²) in [7, 11) is 0. The van der Waals surface area contributed by atoms with Crippen molar-refractivity contribution in [3.63, 3.8) is 0 Å². The third kappa shape index (κ3) is 5.26. The third-order valence-corrected chi connectivity index (χ3v) is 3.95. The molecular weight excluding hydrogens is 308 g/mol. The van der Waals surface area contributed by atoms with Crippen LogP contribution in [0.25, 0.3) is 0 Å². The van der Waals surface area contributed by atoms with E-state index in [1.165, 1.54) is 6.92 Å². The number of carbonyl (C=O) groups is 3. The van der Waals surface area contributed by atoms with Crippen LogP contribution in [0.15, 0.2) is 24.3 Å². The molecule has 0 aliphatic carbocycles. The number of nitrogens with zero attached hydrogens (tertiary/aromatic N) is 2. The number of amides is 3. The van der Waals surface area contributed by atoms with Crippen molar-refractivity contribution in [2.45, 2.75) is 20.3 Å². The molecule has 1 heterocycles. The fourth-order valence-electron chi connectivity index (χ4n) is 2.62. The second kappa shape index (κ2) is 8.33. The zero-order chi connectivity index (χ0) is 17.5. The Bertz CT molecular complexity index is 592. The van der Waals surface area contributed by atoms with E-state index in [1.807, 2.05) is 24.3 Å². The van der Waals surface area contributed by atoms with Crippen LogP contribution in [0.3, 0.4) is 0 Å². The summed E-state index contributed by atoms with van der Waals surface area (Å²) >= 11 is 0. The Kier molecular flexibility index (Phi) is 6.17. The molecule has 7 nitrogen and oxygen atoms in total. The van der Waals surface area contributed by atoms with E-state index >= 15 is 0 Å². The minimum absolute atomic E-state index is 0.0616. The quantitative estimate of drug-likeness (QED) is 0.847. The van der Waals surface area contributed by atoms with Gasteiger partial charge in [-0.25, -0.2) is 0 Å². The lowest BCUT2D eigenvalue weighted by Gasteiger charge is -2.34. The van der Waals surface area contributed by atoms with E-state index in [2.05, 4.69) is 10.6 Å². The highest BCUT2D eigenvalue weighted by Gasteiger charge is 2.21. The summed E-state index contributed by atoms with van der Waals surface area (Å²) in [5.41, 5.74) is 1.64. The number of carbonyl (C=O) groups excluding carboxylic acids is 3. The Balaban J connectivity index is 1.71. The molecular formula is C17H24N4O3. The molecule has 1 aliphatic rings. The molecule has 1 aromatic rings. The molecule has 2 N–H and O–H groups in total. The van der Waals surface area contributed by atoms with Crippen molar-refractivity contribution in [3.8, 4) is 0 Å². The molecule has 7 heteroatoms. The molecule has 3 amide bonds. The molecule has 130 valence electrons.